The second-order valence-electron chi connectivity index (χ2n) is 2.75. The lowest BCUT2D eigenvalue weighted by molar-refractivity contribution is -0.110. The minimum absolute atomic E-state index is 0.0416. The first-order valence-corrected chi connectivity index (χ1v) is 4.65. The van der Waals surface area contributed by atoms with Gasteiger partial charge < -0.3 is 0 Å². The monoisotopic (exact) mass is 238 g/mol. The predicted octanol–water partition coefficient (Wildman–Crippen LogP) is 1.82. The summed E-state index contributed by atoms with van der Waals surface area (Å²) in [6.45, 7) is 0.344. The number of hydrogen-bond acceptors (Lipinski definition) is 3. The largest absolute Gasteiger partial charge is 0.291 e. The maximum absolute atomic E-state index is 10.9. The van der Waals surface area contributed by atoms with E-state index in [9.17, 15) is 4.79 Å². The average Bonchev–Trinajstić information content (AvgIpc) is 2.52. The predicted molar refractivity (Wildman–Crippen MR) is 55.0 cm³/mol. The van der Waals surface area contributed by atoms with E-state index < -0.39 is 0 Å². The van der Waals surface area contributed by atoms with Gasteiger partial charge in [-0.15, -0.1) is 0 Å². The molecule has 0 spiro atoms. The first-order chi connectivity index (χ1) is 6.25. The minimum atomic E-state index is 0.0416. The molecule has 0 aliphatic carbocycles. The van der Waals surface area contributed by atoms with E-state index in [1.165, 1.54) is 6.21 Å². The number of hydrogen-bond donors (Lipinski definition) is 0. The Morgan fingerprint density at radius 1 is 1.46 bits per heavy atom. The van der Waals surface area contributed by atoms with Crippen molar-refractivity contribution in [2.24, 2.45) is 5.10 Å². The summed E-state index contributed by atoms with van der Waals surface area (Å²) < 4.78 is 0.986. The number of carbonyl (C=O) groups excluding carboxylic acids is 1. The number of anilines is 1. The molecule has 0 saturated carbocycles. The molecule has 1 aromatic rings. The van der Waals surface area contributed by atoms with E-state index in [1.807, 2.05) is 24.3 Å². The Hall–Kier alpha value is -1.16. The molecule has 4 heteroatoms. The molecule has 0 unspecified atom stereocenters. The maximum Gasteiger partial charge on any atom is 0.197 e. The minimum Gasteiger partial charge on any atom is -0.291 e. The van der Waals surface area contributed by atoms with Crippen LogP contribution >= 0.6 is 15.9 Å². The first kappa shape index (κ1) is 8.44. The van der Waals surface area contributed by atoms with Crippen LogP contribution in [0.2, 0.25) is 0 Å². The summed E-state index contributed by atoms with van der Waals surface area (Å²) >= 11 is 3.36. The Kier molecular flexibility index (Phi) is 2.14. The van der Waals surface area contributed by atoms with Crippen molar-refractivity contribution in [2.45, 2.75) is 0 Å². The Morgan fingerprint density at radius 2 is 2.31 bits per heavy atom. The number of halogens is 1. The van der Waals surface area contributed by atoms with Crippen LogP contribution < -0.4 is 5.01 Å². The van der Waals surface area contributed by atoms with Gasteiger partial charge in [0.2, 0.25) is 0 Å². The number of rotatable bonds is 1. The zero-order valence-corrected chi connectivity index (χ0v) is 8.36. The van der Waals surface area contributed by atoms with Crippen LogP contribution in [-0.4, -0.2) is 18.5 Å². The number of nitrogens with zero attached hydrogens (tertiary/aromatic N) is 2. The highest BCUT2D eigenvalue weighted by Crippen LogP contribution is 2.20. The fraction of sp³-hybridized carbons (Fsp3) is 0.111. The van der Waals surface area contributed by atoms with Crippen LogP contribution in [0.3, 0.4) is 0 Å². The number of carbonyl (C=O) groups is 1. The smallest absolute Gasteiger partial charge is 0.197 e. The van der Waals surface area contributed by atoms with Crippen molar-refractivity contribution in [3.63, 3.8) is 0 Å². The van der Waals surface area contributed by atoms with Crippen LogP contribution in [0.1, 0.15) is 0 Å². The topological polar surface area (TPSA) is 32.7 Å². The molecule has 0 N–H and O–H groups in total. The van der Waals surface area contributed by atoms with Gasteiger partial charge in [-0.2, -0.15) is 5.10 Å². The van der Waals surface area contributed by atoms with E-state index in [0.29, 0.717) is 6.54 Å². The molecule has 1 aliphatic heterocycles. The maximum atomic E-state index is 10.9. The molecule has 0 bridgehead atoms. The summed E-state index contributed by atoms with van der Waals surface area (Å²) in [5.74, 6) is 0.0416. The van der Waals surface area contributed by atoms with Gasteiger partial charge in [0.25, 0.3) is 0 Å². The normalized spacial score (nSPS) is 15.5. The second kappa shape index (κ2) is 3.30. The van der Waals surface area contributed by atoms with Gasteiger partial charge in [-0.05, 0) is 18.2 Å². The van der Waals surface area contributed by atoms with Crippen molar-refractivity contribution in [1.29, 1.82) is 0 Å². The van der Waals surface area contributed by atoms with E-state index in [-0.39, 0.29) is 5.78 Å². The number of Topliss-reactive ketones (excluding diaryl/α,β-unsaturated/α-hetero) is 1. The van der Waals surface area contributed by atoms with Crippen LogP contribution in [0.5, 0.6) is 0 Å². The summed E-state index contributed by atoms with van der Waals surface area (Å²) in [6, 6.07) is 7.69. The molecule has 0 radical (unpaired) electrons. The van der Waals surface area contributed by atoms with Gasteiger partial charge in [0.15, 0.2) is 5.78 Å². The van der Waals surface area contributed by atoms with Crippen LogP contribution in [0, 0.1) is 0 Å². The molecular formula is C9H7BrN2O. The van der Waals surface area contributed by atoms with Crippen LogP contribution in [0.25, 0.3) is 0 Å². The molecule has 0 atom stereocenters. The standard InChI is InChI=1S/C9H7BrN2O/c10-7-2-1-3-8(4-7)12-6-9(13)5-11-12/h1-5H,6H2. The Bertz CT molecular complexity index is 376. The third-order valence-electron chi connectivity index (χ3n) is 1.75. The van der Waals surface area contributed by atoms with Crippen molar-refractivity contribution < 1.29 is 4.79 Å². The molecule has 66 valence electrons. The first-order valence-electron chi connectivity index (χ1n) is 3.85. The molecule has 13 heavy (non-hydrogen) atoms. The zero-order chi connectivity index (χ0) is 9.26. The van der Waals surface area contributed by atoms with Crippen molar-refractivity contribution >= 4 is 33.6 Å². The Morgan fingerprint density at radius 3 is 2.92 bits per heavy atom. The lowest BCUT2D eigenvalue weighted by Gasteiger charge is -2.12. The molecule has 0 saturated heterocycles. The number of ketones is 1. The van der Waals surface area contributed by atoms with E-state index >= 15 is 0 Å². The van der Waals surface area contributed by atoms with Crippen molar-refractivity contribution in [1.82, 2.24) is 0 Å². The quantitative estimate of drug-likeness (QED) is 0.748. The van der Waals surface area contributed by atoms with Crippen LogP contribution in [-0.2, 0) is 4.79 Å². The SMILES string of the molecule is O=C1C=NN(c2cccc(Br)c2)C1. The highest BCUT2D eigenvalue weighted by atomic mass is 79.9. The third-order valence-corrected chi connectivity index (χ3v) is 2.25. The summed E-state index contributed by atoms with van der Waals surface area (Å²) in [6.07, 6.45) is 1.35. The number of benzene rings is 1. The van der Waals surface area contributed by atoms with Gasteiger partial charge in [0.1, 0.15) is 6.54 Å². The van der Waals surface area contributed by atoms with Crippen molar-refractivity contribution in [3.8, 4) is 0 Å². The molecule has 1 aromatic carbocycles. The summed E-state index contributed by atoms with van der Waals surface area (Å²) in [4.78, 5) is 10.9. The van der Waals surface area contributed by atoms with E-state index in [2.05, 4.69) is 21.0 Å². The molecule has 2 rings (SSSR count). The molecule has 3 nitrogen and oxygen atoms in total. The van der Waals surface area contributed by atoms with Gasteiger partial charge >= 0.3 is 0 Å². The van der Waals surface area contributed by atoms with E-state index in [1.54, 1.807) is 5.01 Å². The van der Waals surface area contributed by atoms with Gasteiger partial charge in [-0.3, -0.25) is 9.80 Å². The lowest BCUT2D eigenvalue weighted by Crippen LogP contribution is -2.16. The molecule has 0 amide bonds. The van der Waals surface area contributed by atoms with Crippen LogP contribution in [0.4, 0.5) is 5.69 Å². The fourth-order valence-corrected chi connectivity index (χ4v) is 1.55. The average molecular weight is 239 g/mol. The number of hydrazone groups is 1. The highest BCUT2D eigenvalue weighted by Gasteiger charge is 2.14. The van der Waals surface area contributed by atoms with Crippen molar-refractivity contribution in [3.05, 3.63) is 28.7 Å². The van der Waals surface area contributed by atoms with Gasteiger partial charge in [-0.25, -0.2) is 0 Å². The van der Waals surface area contributed by atoms with Gasteiger partial charge in [0.05, 0.1) is 11.9 Å². The van der Waals surface area contributed by atoms with Crippen LogP contribution in [0.15, 0.2) is 33.8 Å². The molecule has 1 aliphatic rings. The zero-order valence-electron chi connectivity index (χ0n) is 6.77. The summed E-state index contributed by atoms with van der Waals surface area (Å²) in [7, 11) is 0. The summed E-state index contributed by atoms with van der Waals surface area (Å²) in [5, 5.41) is 5.64. The van der Waals surface area contributed by atoms with Gasteiger partial charge in [-0.1, -0.05) is 22.0 Å². The third kappa shape index (κ3) is 1.78. The highest BCUT2D eigenvalue weighted by molar-refractivity contribution is 9.10. The van der Waals surface area contributed by atoms with Crippen molar-refractivity contribution in [2.75, 3.05) is 11.6 Å². The molecular weight excluding hydrogens is 232 g/mol. The molecule has 0 aromatic heterocycles. The Labute approximate surface area is 84.2 Å². The van der Waals surface area contributed by atoms with Gasteiger partial charge in [0, 0.05) is 4.47 Å². The lowest BCUT2D eigenvalue weighted by atomic mass is 10.3. The fourth-order valence-electron chi connectivity index (χ4n) is 1.16. The molecule has 1 heterocycles. The van der Waals surface area contributed by atoms with E-state index in [0.717, 1.165) is 10.2 Å². The molecule has 0 fully saturated rings. The second-order valence-corrected chi connectivity index (χ2v) is 3.66. The summed E-state index contributed by atoms with van der Waals surface area (Å²) in [5.41, 5.74) is 0.927. The Balaban J connectivity index is 2.27. The van der Waals surface area contributed by atoms with E-state index in [4.69, 9.17) is 0 Å².